The molecule has 0 aliphatic carbocycles. The largest absolute Gasteiger partial charge is 0.490 e. The van der Waals surface area contributed by atoms with Gasteiger partial charge in [0.05, 0.1) is 6.17 Å². The predicted octanol–water partition coefficient (Wildman–Crippen LogP) is 10.2. The van der Waals surface area contributed by atoms with E-state index in [0.29, 0.717) is 49.9 Å². The Hall–Kier alpha value is -0.112. The van der Waals surface area contributed by atoms with Crippen molar-refractivity contribution in [1.82, 2.24) is 4.90 Å². The summed E-state index contributed by atoms with van der Waals surface area (Å²) < 4.78 is 23.8. The molecule has 2 amide bonds. The lowest BCUT2D eigenvalue weighted by molar-refractivity contribution is -0.138. The monoisotopic (exact) mass is 659 g/mol. The summed E-state index contributed by atoms with van der Waals surface area (Å²) in [6.45, 7) is 41.4. The van der Waals surface area contributed by atoms with Crippen molar-refractivity contribution in [2.75, 3.05) is 6.17 Å². The summed E-state index contributed by atoms with van der Waals surface area (Å²) in [5, 5.41) is 0. The van der Waals surface area contributed by atoms with Gasteiger partial charge in [0.25, 0.3) is 0 Å². The predicted molar refractivity (Wildman–Crippen MR) is 188 cm³/mol. The van der Waals surface area contributed by atoms with Gasteiger partial charge >= 0.3 is 8.80 Å². The number of rotatable bonds is 17. The molecule has 0 saturated carbocycles. The minimum atomic E-state index is -3.75. The second-order valence-electron chi connectivity index (χ2n) is 15.8. The van der Waals surface area contributed by atoms with Gasteiger partial charge in [-0.25, -0.2) is 0 Å². The third-order valence-corrected chi connectivity index (χ3v) is 35.5. The number of amides is 2. The molecule has 0 spiro atoms. The third-order valence-electron chi connectivity index (χ3n) is 10.6. The zero-order chi connectivity index (χ0) is 33.2. The topological polar surface area (TPSA) is 65.1 Å². The van der Waals surface area contributed by atoms with Crippen LogP contribution in [-0.4, -0.2) is 56.6 Å². The Bertz CT molecular complexity index is 736. The van der Waals surface area contributed by atoms with E-state index in [4.69, 9.17) is 12.3 Å². The maximum Gasteiger partial charge on any atom is 0.490 e. The van der Waals surface area contributed by atoms with Gasteiger partial charge in [0, 0.05) is 12.8 Å². The van der Waals surface area contributed by atoms with Crippen LogP contribution in [0.4, 0.5) is 0 Å². The lowest BCUT2D eigenvalue weighted by atomic mass is 10.4. The standard InChI is InChI=1S/C32H69NO5Si4/c1-22(2)40(23(3)4,24(5)6)36-39(21-33-31(34)19-20-32(33)35,37-41(25(7)8,26(9)10)27(11)12)38-42(28(13)14,29(15)16)30(17)18/h22-30H,19-21H2,1-18H3. The average Bonchev–Trinajstić information content (AvgIpc) is 3.14. The van der Waals surface area contributed by atoms with Crippen LogP contribution in [0.1, 0.15) is 137 Å². The Kier molecular flexibility index (Phi) is 14.2. The van der Waals surface area contributed by atoms with Crippen molar-refractivity contribution >= 4 is 45.6 Å². The highest BCUT2D eigenvalue weighted by molar-refractivity contribution is 6.94. The first kappa shape index (κ1) is 39.9. The molecular weight excluding hydrogens is 591 g/mol. The summed E-state index contributed by atoms with van der Waals surface area (Å²) in [6, 6.07) is 0. The van der Waals surface area contributed by atoms with Gasteiger partial charge in [-0.1, -0.05) is 125 Å². The van der Waals surface area contributed by atoms with Crippen molar-refractivity contribution in [2.45, 2.75) is 187 Å². The minimum Gasteiger partial charge on any atom is -0.414 e. The molecule has 0 atom stereocenters. The summed E-state index contributed by atoms with van der Waals surface area (Å²) >= 11 is 0. The van der Waals surface area contributed by atoms with Gasteiger partial charge in [-0.3, -0.25) is 14.5 Å². The van der Waals surface area contributed by atoms with E-state index < -0.39 is 33.8 Å². The zero-order valence-electron chi connectivity index (χ0n) is 30.8. The Morgan fingerprint density at radius 2 is 0.643 bits per heavy atom. The number of carbonyl (C=O) groups excluding carboxylic acids is 2. The van der Waals surface area contributed by atoms with Crippen LogP contribution >= 0.6 is 0 Å². The fraction of sp³-hybridized carbons (Fsp3) is 0.938. The van der Waals surface area contributed by atoms with Crippen molar-refractivity contribution in [3.63, 3.8) is 0 Å². The van der Waals surface area contributed by atoms with Crippen LogP contribution in [0.15, 0.2) is 0 Å². The van der Waals surface area contributed by atoms with Crippen molar-refractivity contribution in [3.05, 3.63) is 0 Å². The van der Waals surface area contributed by atoms with Crippen molar-refractivity contribution in [1.29, 1.82) is 0 Å². The molecule has 248 valence electrons. The molecule has 42 heavy (non-hydrogen) atoms. The lowest BCUT2D eigenvalue weighted by Gasteiger charge is -2.56. The molecule has 0 aromatic heterocycles. The number of likely N-dealkylation sites (tertiary alicyclic amines) is 1. The van der Waals surface area contributed by atoms with Crippen LogP contribution in [0.5, 0.6) is 0 Å². The molecule has 0 aromatic rings. The molecule has 0 unspecified atom stereocenters. The van der Waals surface area contributed by atoms with E-state index in [1.165, 1.54) is 4.90 Å². The van der Waals surface area contributed by atoms with Gasteiger partial charge in [0.15, 0.2) is 25.0 Å². The lowest BCUT2D eigenvalue weighted by Crippen LogP contribution is -2.73. The summed E-state index contributed by atoms with van der Waals surface area (Å²) in [4.78, 5) is 28.2. The van der Waals surface area contributed by atoms with Gasteiger partial charge in [-0.2, -0.15) is 0 Å². The van der Waals surface area contributed by atoms with Crippen LogP contribution < -0.4 is 0 Å². The molecule has 0 bridgehead atoms. The minimum absolute atomic E-state index is 0.115. The van der Waals surface area contributed by atoms with E-state index in [1.54, 1.807) is 0 Å². The average molecular weight is 660 g/mol. The van der Waals surface area contributed by atoms with E-state index in [2.05, 4.69) is 125 Å². The van der Waals surface area contributed by atoms with Crippen LogP contribution in [0.25, 0.3) is 0 Å². The van der Waals surface area contributed by atoms with Gasteiger partial charge in [0.1, 0.15) is 0 Å². The van der Waals surface area contributed by atoms with E-state index in [1.807, 2.05) is 0 Å². The van der Waals surface area contributed by atoms with Crippen LogP contribution in [0.3, 0.4) is 0 Å². The maximum atomic E-state index is 13.4. The first-order valence-electron chi connectivity index (χ1n) is 16.9. The van der Waals surface area contributed by atoms with Gasteiger partial charge in [0.2, 0.25) is 11.8 Å². The molecule has 1 rings (SSSR count). The fourth-order valence-corrected chi connectivity index (χ4v) is 39.1. The summed E-state index contributed by atoms with van der Waals surface area (Å²) in [7, 11) is -11.5. The third kappa shape index (κ3) is 7.47. The fourth-order valence-electron chi connectivity index (χ4n) is 9.02. The number of nitrogens with zero attached hydrogens (tertiary/aromatic N) is 1. The molecular formula is C32H69NO5Si4. The highest BCUT2D eigenvalue weighted by Gasteiger charge is 2.64. The van der Waals surface area contributed by atoms with E-state index in [9.17, 15) is 9.59 Å². The van der Waals surface area contributed by atoms with E-state index in [0.717, 1.165) is 0 Å². The van der Waals surface area contributed by atoms with Crippen molar-refractivity contribution < 1.29 is 21.9 Å². The van der Waals surface area contributed by atoms with Gasteiger partial charge in [-0.15, -0.1) is 0 Å². The molecule has 6 nitrogen and oxygen atoms in total. The number of imide groups is 1. The van der Waals surface area contributed by atoms with Gasteiger partial charge < -0.3 is 12.3 Å². The smallest absolute Gasteiger partial charge is 0.414 e. The molecule has 0 aromatic carbocycles. The molecule has 1 saturated heterocycles. The van der Waals surface area contributed by atoms with Crippen LogP contribution in [-0.2, 0) is 21.9 Å². The Balaban J connectivity index is 4.39. The molecule has 1 aliphatic heterocycles. The SMILES string of the molecule is CC(C)[Si](O[Si](CN1C(=O)CCC1=O)(O[Si](C(C)C)(C(C)C)C(C)C)O[Si](C(C)C)(C(C)C)C(C)C)(C(C)C)C(C)C. The summed E-state index contributed by atoms with van der Waals surface area (Å²) in [6.07, 6.45) is 0.659. The number of carbonyl (C=O) groups is 2. The first-order chi connectivity index (χ1) is 19.0. The Morgan fingerprint density at radius 1 is 0.452 bits per heavy atom. The van der Waals surface area contributed by atoms with E-state index >= 15 is 0 Å². The van der Waals surface area contributed by atoms with Gasteiger partial charge in [-0.05, 0) is 49.9 Å². The van der Waals surface area contributed by atoms with E-state index in [-0.39, 0.29) is 30.8 Å². The van der Waals surface area contributed by atoms with Crippen molar-refractivity contribution in [2.24, 2.45) is 0 Å². The first-order valence-corrected chi connectivity index (χ1v) is 25.3. The van der Waals surface area contributed by atoms with Crippen molar-refractivity contribution in [3.8, 4) is 0 Å². The molecule has 1 fully saturated rings. The van der Waals surface area contributed by atoms with Crippen LogP contribution in [0.2, 0.25) is 49.9 Å². The Morgan fingerprint density at radius 3 is 0.810 bits per heavy atom. The van der Waals surface area contributed by atoms with Crippen LogP contribution in [0, 0.1) is 0 Å². The molecule has 1 heterocycles. The zero-order valence-corrected chi connectivity index (χ0v) is 34.8. The molecule has 0 N–H and O–H groups in total. The highest BCUT2D eigenvalue weighted by atomic mass is 28.5. The molecule has 10 heteroatoms. The number of hydrogen-bond acceptors (Lipinski definition) is 5. The normalized spacial score (nSPS) is 16.6. The molecule has 0 radical (unpaired) electrons. The molecule has 1 aliphatic rings. The maximum absolute atomic E-state index is 13.4. The summed E-state index contributed by atoms with van der Waals surface area (Å²) in [5.74, 6) is -0.231. The quantitative estimate of drug-likeness (QED) is 0.115. The summed E-state index contributed by atoms with van der Waals surface area (Å²) in [5.41, 5.74) is 2.77. The number of hydrogen-bond donors (Lipinski definition) is 0. The second kappa shape index (κ2) is 15.0. The second-order valence-corrected chi connectivity index (χ2v) is 35.5. The Labute approximate surface area is 265 Å². The highest BCUT2D eigenvalue weighted by Crippen LogP contribution is 2.52.